The molecule has 0 saturated heterocycles. The van der Waals surface area contributed by atoms with E-state index in [2.05, 4.69) is 33.9 Å². The molecule has 0 aliphatic heterocycles. The molecule has 1 aromatic carbocycles. The number of anilines is 1. The van der Waals surface area contributed by atoms with E-state index in [1.54, 1.807) is 6.20 Å². The highest BCUT2D eigenvalue weighted by Gasteiger charge is 2.07. The molecule has 16 heavy (non-hydrogen) atoms. The quantitative estimate of drug-likeness (QED) is 0.914. The van der Waals surface area contributed by atoms with Gasteiger partial charge in [-0.2, -0.15) is 0 Å². The summed E-state index contributed by atoms with van der Waals surface area (Å²) in [5.41, 5.74) is 9.41. The summed E-state index contributed by atoms with van der Waals surface area (Å²) in [4.78, 5) is 4.13. The third-order valence-corrected chi connectivity index (χ3v) is 3.42. The molecule has 82 valence electrons. The van der Waals surface area contributed by atoms with E-state index in [0.29, 0.717) is 5.82 Å². The summed E-state index contributed by atoms with van der Waals surface area (Å²) in [5.74, 6) is 0.621. The highest BCUT2D eigenvalue weighted by Crippen LogP contribution is 2.23. The molecule has 1 heterocycles. The molecule has 2 rings (SSSR count). The van der Waals surface area contributed by atoms with Gasteiger partial charge in [-0.15, -0.1) is 0 Å². The average molecular weight is 277 g/mol. The van der Waals surface area contributed by atoms with Crippen molar-refractivity contribution < 1.29 is 0 Å². The number of nitrogens with two attached hydrogens (primary N) is 1. The largest absolute Gasteiger partial charge is 0.383 e. The summed E-state index contributed by atoms with van der Waals surface area (Å²) in [6, 6.07) is 10.2. The summed E-state index contributed by atoms with van der Waals surface area (Å²) in [5, 5.41) is 0. The van der Waals surface area contributed by atoms with E-state index in [-0.39, 0.29) is 0 Å². The van der Waals surface area contributed by atoms with Crippen molar-refractivity contribution in [2.24, 2.45) is 0 Å². The Hall–Kier alpha value is -1.35. The normalized spacial score (nSPS) is 10.4. The Balaban J connectivity index is 2.38. The Kier molecular flexibility index (Phi) is 3.25. The Morgan fingerprint density at radius 3 is 2.69 bits per heavy atom. The lowest BCUT2D eigenvalue weighted by Crippen LogP contribution is -2.01. The molecule has 0 bridgehead atoms. The van der Waals surface area contributed by atoms with Gasteiger partial charge in [0.15, 0.2) is 0 Å². The van der Waals surface area contributed by atoms with E-state index >= 15 is 0 Å². The Morgan fingerprint density at radius 2 is 2.00 bits per heavy atom. The first-order valence-electron chi connectivity index (χ1n) is 5.12. The minimum absolute atomic E-state index is 0.621. The Bertz CT molecular complexity index is 489. The van der Waals surface area contributed by atoms with E-state index in [9.17, 15) is 0 Å². The van der Waals surface area contributed by atoms with E-state index in [0.717, 1.165) is 16.5 Å². The van der Waals surface area contributed by atoms with Crippen molar-refractivity contribution in [1.29, 1.82) is 0 Å². The second-order valence-corrected chi connectivity index (χ2v) is 4.61. The lowest BCUT2D eigenvalue weighted by molar-refractivity contribution is 1.11. The van der Waals surface area contributed by atoms with Gasteiger partial charge in [-0.3, -0.25) is 0 Å². The number of aryl methyl sites for hydroxylation is 1. The molecule has 0 radical (unpaired) electrons. The van der Waals surface area contributed by atoms with Crippen LogP contribution in [0.15, 0.2) is 41.0 Å². The maximum absolute atomic E-state index is 5.89. The van der Waals surface area contributed by atoms with Crippen molar-refractivity contribution in [3.05, 3.63) is 57.7 Å². The van der Waals surface area contributed by atoms with E-state index < -0.39 is 0 Å². The molecule has 2 nitrogen and oxygen atoms in total. The van der Waals surface area contributed by atoms with Crippen molar-refractivity contribution in [3.63, 3.8) is 0 Å². The number of halogens is 1. The van der Waals surface area contributed by atoms with Gasteiger partial charge in [0.2, 0.25) is 0 Å². The van der Waals surface area contributed by atoms with Gasteiger partial charge in [0.25, 0.3) is 0 Å². The third kappa shape index (κ3) is 2.25. The molecule has 3 heteroatoms. The van der Waals surface area contributed by atoms with E-state index in [4.69, 9.17) is 5.73 Å². The number of aromatic nitrogens is 1. The molecule has 0 aliphatic carbocycles. The van der Waals surface area contributed by atoms with Gasteiger partial charge in [0, 0.05) is 22.7 Å². The van der Waals surface area contributed by atoms with Crippen molar-refractivity contribution in [2.45, 2.75) is 13.3 Å². The van der Waals surface area contributed by atoms with Crippen molar-refractivity contribution in [3.8, 4) is 0 Å². The van der Waals surface area contributed by atoms with Crippen LogP contribution in [-0.2, 0) is 6.42 Å². The maximum atomic E-state index is 5.89. The monoisotopic (exact) mass is 276 g/mol. The molecule has 1 aromatic heterocycles. The second-order valence-electron chi connectivity index (χ2n) is 3.76. The van der Waals surface area contributed by atoms with Crippen LogP contribution in [0.2, 0.25) is 0 Å². The van der Waals surface area contributed by atoms with Crippen molar-refractivity contribution in [1.82, 2.24) is 4.98 Å². The van der Waals surface area contributed by atoms with Crippen molar-refractivity contribution in [2.75, 3.05) is 5.73 Å². The summed E-state index contributed by atoms with van der Waals surface area (Å²) >= 11 is 3.54. The zero-order valence-corrected chi connectivity index (χ0v) is 10.7. The first kappa shape index (κ1) is 11.1. The predicted molar refractivity (Wildman–Crippen MR) is 70.3 cm³/mol. The van der Waals surface area contributed by atoms with Crippen LogP contribution in [0.1, 0.15) is 16.7 Å². The van der Waals surface area contributed by atoms with Crippen LogP contribution < -0.4 is 5.73 Å². The number of benzene rings is 1. The van der Waals surface area contributed by atoms with Crippen LogP contribution in [0.25, 0.3) is 0 Å². The SMILES string of the molecule is Cc1ccnc(N)c1Cc1ccccc1Br. The fourth-order valence-corrected chi connectivity index (χ4v) is 2.10. The summed E-state index contributed by atoms with van der Waals surface area (Å²) in [7, 11) is 0. The molecule has 0 unspecified atom stereocenters. The number of pyridine rings is 1. The zero-order chi connectivity index (χ0) is 11.5. The number of nitrogen functional groups attached to an aromatic ring is 1. The molecule has 2 N–H and O–H groups in total. The van der Waals surface area contributed by atoms with Gasteiger partial charge in [0.05, 0.1) is 0 Å². The second kappa shape index (κ2) is 4.66. The molecule has 0 amide bonds. The Morgan fingerprint density at radius 1 is 1.25 bits per heavy atom. The molecular formula is C13H13BrN2. The van der Waals surface area contributed by atoms with Gasteiger partial charge in [0.1, 0.15) is 5.82 Å². The van der Waals surface area contributed by atoms with Gasteiger partial charge in [-0.05, 0) is 30.2 Å². The zero-order valence-electron chi connectivity index (χ0n) is 9.07. The van der Waals surface area contributed by atoms with E-state index in [1.807, 2.05) is 24.3 Å². The van der Waals surface area contributed by atoms with Gasteiger partial charge in [-0.1, -0.05) is 34.1 Å². The molecule has 2 aromatic rings. The molecular weight excluding hydrogens is 264 g/mol. The fourth-order valence-electron chi connectivity index (χ4n) is 1.67. The minimum atomic E-state index is 0.621. The first-order chi connectivity index (χ1) is 7.68. The predicted octanol–water partition coefficient (Wildman–Crippen LogP) is 3.33. The summed E-state index contributed by atoms with van der Waals surface area (Å²) < 4.78 is 1.11. The highest BCUT2D eigenvalue weighted by molar-refractivity contribution is 9.10. The highest BCUT2D eigenvalue weighted by atomic mass is 79.9. The van der Waals surface area contributed by atoms with Crippen LogP contribution in [0.5, 0.6) is 0 Å². The van der Waals surface area contributed by atoms with Crippen LogP contribution in [0.3, 0.4) is 0 Å². The van der Waals surface area contributed by atoms with Crippen LogP contribution >= 0.6 is 15.9 Å². The van der Waals surface area contributed by atoms with E-state index in [1.165, 1.54) is 11.1 Å². The van der Waals surface area contributed by atoms with Crippen LogP contribution in [0.4, 0.5) is 5.82 Å². The molecule has 0 saturated carbocycles. The van der Waals surface area contributed by atoms with Gasteiger partial charge < -0.3 is 5.73 Å². The number of hydrogen-bond donors (Lipinski definition) is 1. The first-order valence-corrected chi connectivity index (χ1v) is 5.91. The number of nitrogens with zero attached hydrogens (tertiary/aromatic N) is 1. The maximum Gasteiger partial charge on any atom is 0.127 e. The molecule has 0 fully saturated rings. The van der Waals surface area contributed by atoms with Gasteiger partial charge in [-0.25, -0.2) is 4.98 Å². The average Bonchev–Trinajstić information content (AvgIpc) is 2.26. The topological polar surface area (TPSA) is 38.9 Å². The lowest BCUT2D eigenvalue weighted by Gasteiger charge is -2.09. The Labute approximate surface area is 104 Å². The summed E-state index contributed by atoms with van der Waals surface area (Å²) in [6.07, 6.45) is 2.56. The fraction of sp³-hybridized carbons (Fsp3) is 0.154. The van der Waals surface area contributed by atoms with Crippen molar-refractivity contribution >= 4 is 21.7 Å². The summed E-state index contributed by atoms with van der Waals surface area (Å²) in [6.45, 7) is 2.06. The molecule has 0 spiro atoms. The smallest absolute Gasteiger partial charge is 0.127 e. The minimum Gasteiger partial charge on any atom is -0.383 e. The van der Waals surface area contributed by atoms with Gasteiger partial charge >= 0.3 is 0 Å². The standard InChI is InChI=1S/C13H13BrN2/c1-9-6-7-16-13(15)11(9)8-10-4-2-3-5-12(10)14/h2-7H,8H2,1H3,(H2,15,16). The molecule has 0 atom stereocenters. The van der Waals surface area contributed by atoms with Crippen LogP contribution in [0, 0.1) is 6.92 Å². The lowest BCUT2D eigenvalue weighted by atomic mass is 10.0. The number of hydrogen-bond acceptors (Lipinski definition) is 2. The van der Waals surface area contributed by atoms with Crippen LogP contribution in [-0.4, -0.2) is 4.98 Å². The third-order valence-electron chi connectivity index (χ3n) is 2.65. The number of rotatable bonds is 2. The molecule has 0 aliphatic rings.